The lowest BCUT2D eigenvalue weighted by atomic mass is 10.3. The van der Waals surface area contributed by atoms with Crippen LogP contribution < -0.4 is 5.32 Å². The molecule has 5 heteroatoms. The lowest BCUT2D eigenvalue weighted by Crippen LogP contribution is -2.34. The monoisotopic (exact) mass is 186 g/mol. The van der Waals surface area contributed by atoms with E-state index in [9.17, 15) is 9.59 Å². The van der Waals surface area contributed by atoms with E-state index >= 15 is 0 Å². The van der Waals surface area contributed by atoms with Crippen LogP contribution in [0.3, 0.4) is 0 Å². The lowest BCUT2D eigenvalue weighted by Gasteiger charge is -2.16. The fourth-order valence-corrected chi connectivity index (χ4v) is 0.936. The van der Waals surface area contributed by atoms with Crippen molar-refractivity contribution in [1.29, 1.82) is 0 Å². The molecule has 13 heavy (non-hydrogen) atoms. The average molecular weight is 186 g/mol. The van der Waals surface area contributed by atoms with Gasteiger partial charge >= 0.3 is 6.03 Å². The summed E-state index contributed by atoms with van der Waals surface area (Å²) in [4.78, 5) is 27.5. The van der Waals surface area contributed by atoms with Gasteiger partial charge in [0.05, 0.1) is 6.10 Å². The van der Waals surface area contributed by atoms with Crippen molar-refractivity contribution in [1.82, 2.24) is 10.4 Å². The van der Waals surface area contributed by atoms with Crippen molar-refractivity contribution in [2.45, 2.75) is 39.3 Å². The minimum Gasteiger partial charge on any atom is -0.324 e. The second kappa shape index (κ2) is 3.74. The molecule has 0 aromatic heterocycles. The minimum absolute atomic E-state index is 0.125. The molecule has 5 nitrogen and oxygen atoms in total. The predicted molar refractivity (Wildman–Crippen MR) is 45.7 cm³/mol. The zero-order chi connectivity index (χ0) is 10.0. The summed E-state index contributed by atoms with van der Waals surface area (Å²) in [6.45, 7) is 5.36. The van der Waals surface area contributed by atoms with Gasteiger partial charge in [-0.25, -0.2) is 4.79 Å². The molecular weight excluding hydrogens is 172 g/mol. The van der Waals surface area contributed by atoms with Gasteiger partial charge in [0, 0.05) is 0 Å². The second-order valence-electron chi connectivity index (χ2n) is 3.13. The lowest BCUT2D eigenvalue weighted by molar-refractivity contribution is -0.176. The van der Waals surface area contributed by atoms with Crippen LogP contribution in [0.15, 0.2) is 0 Å². The van der Waals surface area contributed by atoms with E-state index in [1.165, 1.54) is 0 Å². The van der Waals surface area contributed by atoms with E-state index in [0.717, 1.165) is 11.5 Å². The maximum absolute atomic E-state index is 11.3. The molecule has 0 aromatic rings. The van der Waals surface area contributed by atoms with Crippen LogP contribution in [-0.4, -0.2) is 29.1 Å². The summed E-state index contributed by atoms with van der Waals surface area (Å²) in [6, 6.07) is -0.950. The van der Waals surface area contributed by atoms with Crippen molar-refractivity contribution in [3.63, 3.8) is 0 Å². The van der Waals surface area contributed by atoms with Crippen LogP contribution in [-0.2, 0) is 9.63 Å². The standard InChI is InChI=1S/C8H14N2O3/c1-4-5(2)13-10-7(11)6(3)9-8(10)12/h5-6H,4H2,1-3H3,(H,9,12)/t5?,6-/m0/s1. The molecule has 1 aliphatic rings. The molecule has 2 atom stereocenters. The molecule has 1 N–H and O–H groups in total. The van der Waals surface area contributed by atoms with Gasteiger partial charge in [-0.05, 0) is 20.3 Å². The van der Waals surface area contributed by atoms with Crippen LogP contribution >= 0.6 is 0 Å². The highest BCUT2D eigenvalue weighted by molar-refractivity contribution is 6.02. The molecule has 1 heterocycles. The summed E-state index contributed by atoms with van der Waals surface area (Å²) in [5.74, 6) is -0.328. The third-order valence-electron chi connectivity index (χ3n) is 1.96. The Morgan fingerprint density at radius 1 is 1.62 bits per heavy atom. The number of hydrogen-bond donors (Lipinski definition) is 1. The number of imide groups is 1. The molecular formula is C8H14N2O3. The summed E-state index contributed by atoms with van der Waals surface area (Å²) in [5.41, 5.74) is 0. The minimum atomic E-state index is -0.475. The molecule has 1 saturated heterocycles. The molecule has 0 aliphatic carbocycles. The maximum atomic E-state index is 11.3. The van der Waals surface area contributed by atoms with E-state index in [1.807, 2.05) is 13.8 Å². The van der Waals surface area contributed by atoms with Crippen LogP contribution in [0.25, 0.3) is 0 Å². The second-order valence-corrected chi connectivity index (χ2v) is 3.13. The number of nitrogens with zero attached hydrogens (tertiary/aromatic N) is 1. The van der Waals surface area contributed by atoms with E-state index in [2.05, 4.69) is 5.32 Å². The van der Waals surface area contributed by atoms with Gasteiger partial charge in [-0.3, -0.25) is 9.63 Å². The summed E-state index contributed by atoms with van der Waals surface area (Å²) in [6.07, 6.45) is 0.630. The van der Waals surface area contributed by atoms with Crippen LogP contribution in [0.1, 0.15) is 27.2 Å². The summed E-state index contributed by atoms with van der Waals surface area (Å²) < 4.78 is 0. The summed E-state index contributed by atoms with van der Waals surface area (Å²) in [5, 5.41) is 3.26. The van der Waals surface area contributed by atoms with Gasteiger partial charge in [0.15, 0.2) is 0 Å². The van der Waals surface area contributed by atoms with E-state index in [1.54, 1.807) is 6.92 Å². The van der Waals surface area contributed by atoms with Gasteiger partial charge < -0.3 is 5.32 Å². The van der Waals surface area contributed by atoms with E-state index in [-0.39, 0.29) is 12.0 Å². The number of urea groups is 1. The SMILES string of the molecule is CCC(C)ON1C(=O)N[C@@H](C)C1=O. The Bertz CT molecular complexity index is 229. The predicted octanol–water partition coefficient (Wildman–Crippen LogP) is 0.657. The van der Waals surface area contributed by atoms with Crippen LogP contribution in [0, 0.1) is 0 Å². The number of nitrogens with one attached hydrogen (secondary N) is 1. The van der Waals surface area contributed by atoms with Gasteiger partial charge in [-0.2, -0.15) is 0 Å². The first-order valence-corrected chi connectivity index (χ1v) is 4.37. The fourth-order valence-electron chi connectivity index (χ4n) is 0.936. The molecule has 0 radical (unpaired) electrons. The molecule has 1 unspecified atom stereocenters. The largest absolute Gasteiger partial charge is 0.349 e. The quantitative estimate of drug-likeness (QED) is 0.658. The number of hydroxylamine groups is 2. The summed E-state index contributed by atoms with van der Waals surface area (Å²) in [7, 11) is 0. The Morgan fingerprint density at radius 3 is 2.62 bits per heavy atom. The Hall–Kier alpha value is -1.10. The van der Waals surface area contributed by atoms with Gasteiger partial charge in [-0.1, -0.05) is 6.92 Å². The van der Waals surface area contributed by atoms with E-state index < -0.39 is 12.1 Å². The van der Waals surface area contributed by atoms with Crippen LogP contribution in [0.4, 0.5) is 4.79 Å². The number of amides is 3. The molecule has 0 aromatic carbocycles. The normalized spacial score (nSPS) is 24.8. The Morgan fingerprint density at radius 2 is 2.23 bits per heavy atom. The van der Waals surface area contributed by atoms with Crippen LogP contribution in [0.2, 0.25) is 0 Å². The Labute approximate surface area is 77.0 Å². The molecule has 0 spiro atoms. The molecule has 74 valence electrons. The van der Waals surface area contributed by atoms with Gasteiger partial charge in [0.25, 0.3) is 5.91 Å². The Balaban J connectivity index is 2.59. The summed E-state index contributed by atoms with van der Waals surface area (Å²) >= 11 is 0. The molecule has 0 bridgehead atoms. The number of carbonyl (C=O) groups is 2. The smallest absolute Gasteiger partial charge is 0.324 e. The Kier molecular flexibility index (Phi) is 2.87. The first-order chi connectivity index (χ1) is 6.06. The van der Waals surface area contributed by atoms with Gasteiger partial charge in [0.1, 0.15) is 6.04 Å². The molecule has 0 saturated carbocycles. The van der Waals surface area contributed by atoms with Crippen molar-refractivity contribution in [2.75, 3.05) is 0 Å². The first-order valence-electron chi connectivity index (χ1n) is 4.37. The fraction of sp³-hybridized carbons (Fsp3) is 0.750. The van der Waals surface area contributed by atoms with Gasteiger partial charge in [-0.15, -0.1) is 5.06 Å². The molecule has 1 aliphatic heterocycles. The van der Waals surface area contributed by atoms with Crippen molar-refractivity contribution in [3.05, 3.63) is 0 Å². The van der Waals surface area contributed by atoms with Crippen molar-refractivity contribution < 1.29 is 14.4 Å². The third-order valence-corrected chi connectivity index (χ3v) is 1.96. The van der Waals surface area contributed by atoms with Crippen molar-refractivity contribution in [2.24, 2.45) is 0 Å². The first kappa shape index (κ1) is 9.98. The maximum Gasteiger partial charge on any atom is 0.349 e. The third kappa shape index (κ3) is 1.98. The van der Waals surface area contributed by atoms with Gasteiger partial charge in [0.2, 0.25) is 0 Å². The molecule has 1 fully saturated rings. The molecule has 3 amide bonds. The van der Waals surface area contributed by atoms with Crippen LogP contribution in [0.5, 0.6) is 0 Å². The van der Waals surface area contributed by atoms with Crippen molar-refractivity contribution >= 4 is 11.9 Å². The zero-order valence-corrected chi connectivity index (χ0v) is 8.03. The molecule has 1 rings (SSSR count). The highest BCUT2D eigenvalue weighted by atomic mass is 16.7. The number of hydrogen-bond acceptors (Lipinski definition) is 3. The van der Waals surface area contributed by atoms with E-state index in [4.69, 9.17) is 4.84 Å². The highest BCUT2D eigenvalue weighted by Gasteiger charge is 2.37. The highest BCUT2D eigenvalue weighted by Crippen LogP contribution is 2.09. The van der Waals surface area contributed by atoms with E-state index in [0.29, 0.717) is 0 Å². The number of carbonyl (C=O) groups excluding carboxylic acids is 2. The van der Waals surface area contributed by atoms with Crippen molar-refractivity contribution in [3.8, 4) is 0 Å². The zero-order valence-electron chi connectivity index (χ0n) is 8.03. The topological polar surface area (TPSA) is 58.6 Å². The number of rotatable bonds is 3. The average Bonchev–Trinajstić information content (AvgIpc) is 2.32.